The molecule has 0 aliphatic heterocycles. The maximum atomic E-state index is 4.93. The molecule has 2 N–H and O–H groups in total. The SMILES string of the molecule is S=c1ncc2[nH]c(-c3cccnc3)nc2[nH]1. The van der Waals surface area contributed by atoms with Crippen LogP contribution >= 0.6 is 12.2 Å². The molecule has 3 heterocycles. The van der Waals surface area contributed by atoms with E-state index in [4.69, 9.17) is 12.2 Å². The number of hydrogen-bond acceptors (Lipinski definition) is 4. The molecule has 0 atom stereocenters. The Morgan fingerprint density at radius 1 is 1.19 bits per heavy atom. The monoisotopic (exact) mass is 229 g/mol. The molecule has 0 aliphatic rings. The Balaban J connectivity index is 2.23. The number of rotatable bonds is 1. The highest BCUT2D eigenvalue weighted by atomic mass is 32.1. The summed E-state index contributed by atoms with van der Waals surface area (Å²) in [6.07, 6.45) is 5.14. The first kappa shape index (κ1) is 9.17. The van der Waals surface area contributed by atoms with Gasteiger partial charge in [0.1, 0.15) is 11.3 Å². The van der Waals surface area contributed by atoms with Gasteiger partial charge in [0.15, 0.2) is 10.4 Å². The summed E-state index contributed by atoms with van der Waals surface area (Å²) in [6.45, 7) is 0. The van der Waals surface area contributed by atoms with Crippen molar-refractivity contribution in [2.24, 2.45) is 0 Å². The minimum atomic E-state index is 0.428. The van der Waals surface area contributed by atoms with Gasteiger partial charge in [-0.15, -0.1) is 0 Å². The molecule has 16 heavy (non-hydrogen) atoms. The van der Waals surface area contributed by atoms with Gasteiger partial charge < -0.3 is 9.97 Å². The van der Waals surface area contributed by atoms with Crippen LogP contribution in [0.15, 0.2) is 30.7 Å². The topological polar surface area (TPSA) is 70.2 Å². The predicted molar refractivity (Wildman–Crippen MR) is 62.3 cm³/mol. The normalized spacial score (nSPS) is 10.8. The van der Waals surface area contributed by atoms with Gasteiger partial charge in [0.05, 0.1) is 6.20 Å². The third-order valence-electron chi connectivity index (χ3n) is 2.20. The van der Waals surface area contributed by atoms with E-state index in [1.54, 1.807) is 18.6 Å². The Kier molecular flexibility index (Phi) is 2.00. The molecule has 6 heteroatoms. The van der Waals surface area contributed by atoms with Gasteiger partial charge >= 0.3 is 0 Å². The highest BCUT2D eigenvalue weighted by Crippen LogP contribution is 2.17. The Morgan fingerprint density at radius 2 is 2.12 bits per heavy atom. The first-order valence-corrected chi connectivity index (χ1v) is 5.09. The van der Waals surface area contributed by atoms with Crippen molar-refractivity contribution in [2.75, 3.05) is 0 Å². The van der Waals surface area contributed by atoms with Crippen LogP contribution in [0.2, 0.25) is 0 Å². The fourth-order valence-corrected chi connectivity index (χ4v) is 1.62. The van der Waals surface area contributed by atoms with Gasteiger partial charge in [0.2, 0.25) is 0 Å². The highest BCUT2D eigenvalue weighted by molar-refractivity contribution is 7.71. The largest absolute Gasteiger partial charge is 0.335 e. The van der Waals surface area contributed by atoms with Crippen LogP contribution in [0.1, 0.15) is 0 Å². The number of aromatic amines is 2. The molecular formula is C10H7N5S. The molecule has 0 saturated carbocycles. The fourth-order valence-electron chi connectivity index (χ4n) is 1.47. The van der Waals surface area contributed by atoms with E-state index >= 15 is 0 Å². The highest BCUT2D eigenvalue weighted by Gasteiger charge is 2.04. The number of aromatic nitrogens is 5. The minimum Gasteiger partial charge on any atom is -0.335 e. The second-order valence-electron chi connectivity index (χ2n) is 3.28. The van der Waals surface area contributed by atoms with Crippen molar-refractivity contribution < 1.29 is 0 Å². The number of nitrogens with zero attached hydrogens (tertiary/aromatic N) is 3. The van der Waals surface area contributed by atoms with Crippen molar-refractivity contribution in [1.82, 2.24) is 24.9 Å². The van der Waals surface area contributed by atoms with Crippen LogP contribution in [0.4, 0.5) is 0 Å². The molecule has 0 unspecified atom stereocenters. The van der Waals surface area contributed by atoms with Crippen LogP contribution in [0.25, 0.3) is 22.6 Å². The third-order valence-corrected chi connectivity index (χ3v) is 2.41. The maximum absolute atomic E-state index is 4.93. The lowest BCUT2D eigenvalue weighted by atomic mass is 10.3. The van der Waals surface area contributed by atoms with E-state index in [2.05, 4.69) is 24.9 Å². The van der Waals surface area contributed by atoms with Crippen LogP contribution in [0.5, 0.6) is 0 Å². The molecule has 0 radical (unpaired) electrons. The molecule has 5 nitrogen and oxygen atoms in total. The molecule has 0 spiro atoms. The van der Waals surface area contributed by atoms with Crippen LogP contribution in [-0.2, 0) is 0 Å². The van der Waals surface area contributed by atoms with Gasteiger partial charge in [-0.2, -0.15) is 0 Å². The van der Waals surface area contributed by atoms with Crippen molar-refractivity contribution >= 4 is 23.4 Å². The number of pyridine rings is 1. The van der Waals surface area contributed by atoms with Gasteiger partial charge in [-0.05, 0) is 24.4 Å². The smallest absolute Gasteiger partial charge is 0.198 e. The van der Waals surface area contributed by atoms with Crippen LogP contribution in [0, 0.1) is 4.77 Å². The summed E-state index contributed by atoms with van der Waals surface area (Å²) in [4.78, 5) is 18.5. The standard InChI is InChI=1S/C10H7N5S/c16-10-12-5-7-9(15-10)14-8(13-7)6-2-1-3-11-4-6/h1-5H,(H2,12,13,14,15,16). The Hall–Kier alpha value is -2.08. The van der Waals surface area contributed by atoms with Gasteiger partial charge in [0, 0.05) is 18.0 Å². The van der Waals surface area contributed by atoms with Gasteiger partial charge in [-0.25, -0.2) is 9.97 Å². The molecular weight excluding hydrogens is 222 g/mol. The Labute approximate surface area is 95.6 Å². The second kappa shape index (κ2) is 3.49. The zero-order chi connectivity index (χ0) is 11.0. The first-order chi connectivity index (χ1) is 7.83. The molecule has 0 bridgehead atoms. The third kappa shape index (κ3) is 1.49. The molecule has 78 valence electrons. The molecule has 3 aromatic heterocycles. The van der Waals surface area contributed by atoms with E-state index in [9.17, 15) is 0 Å². The van der Waals surface area contributed by atoms with Crippen molar-refractivity contribution in [2.45, 2.75) is 0 Å². The van der Waals surface area contributed by atoms with Gasteiger partial charge in [0.25, 0.3) is 0 Å². The van der Waals surface area contributed by atoms with E-state index in [0.717, 1.165) is 16.9 Å². The number of hydrogen-bond donors (Lipinski definition) is 2. The summed E-state index contributed by atoms with van der Waals surface area (Å²) in [5.41, 5.74) is 2.46. The van der Waals surface area contributed by atoms with E-state index in [1.807, 2.05) is 12.1 Å². The summed E-state index contributed by atoms with van der Waals surface area (Å²) in [6, 6.07) is 3.80. The van der Waals surface area contributed by atoms with E-state index < -0.39 is 0 Å². The quantitative estimate of drug-likeness (QED) is 0.627. The Morgan fingerprint density at radius 3 is 2.94 bits per heavy atom. The lowest BCUT2D eigenvalue weighted by Gasteiger charge is -1.92. The Bertz CT molecular complexity index is 685. The van der Waals surface area contributed by atoms with Crippen molar-refractivity contribution in [1.29, 1.82) is 0 Å². The first-order valence-electron chi connectivity index (χ1n) is 4.68. The number of H-pyrrole nitrogens is 2. The van der Waals surface area contributed by atoms with Gasteiger partial charge in [-0.3, -0.25) is 4.98 Å². The van der Waals surface area contributed by atoms with Crippen LogP contribution < -0.4 is 0 Å². The summed E-state index contributed by atoms with van der Waals surface area (Å²) >= 11 is 4.93. The molecule has 0 amide bonds. The summed E-state index contributed by atoms with van der Waals surface area (Å²) in [7, 11) is 0. The average Bonchev–Trinajstić information content (AvgIpc) is 2.73. The minimum absolute atomic E-state index is 0.428. The van der Waals surface area contributed by atoms with Crippen molar-refractivity contribution in [3.8, 4) is 11.4 Å². The van der Waals surface area contributed by atoms with E-state index in [-0.39, 0.29) is 0 Å². The van der Waals surface area contributed by atoms with Crippen molar-refractivity contribution in [3.05, 3.63) is 35.5 Å². The lowest BCUT2D eigenvalue weighted by molar-refractivity contribution is 1.17. The lowest BCUT2D eigenvalue weighted by Crippen LogP contribution is -1.81. The fraction of sp³-hybridized carbons (Fsp3) is 0. The predicted octanol–water partition coefficient (Wildman–Crippen LogP) is 2.08. The number of fused-ring (bicyclic) bond motifs is 1. The zero-order valence-corrected chi connectivity index (χ0v) is 8.95. The van der Waals surface area contributed by atoms with Crippen molar-refractivity contribution in [3.63, 3.8) is 0 Å². The maximum Gasteiger partial charge on any atom is 0.198 e. The summed E-state index contributed by atoms with van der Waals surface area (Å²) in [5, 5.41) is 0. The molecule has 0 saturated heterocycles. The molecule has 0 fully saturated rings. The van der Waals surface area contributed by atoms with Crippen LogP contribution in [0.3, 0.4) is 0 Å². The zero-order valence-electron chi connectivity index (χ0n) is 8.14. The molecule has 0 aromatic carbocycles. The molecule has 3 rings (SSSR count). The number of nitrogens with one attached hydrogen (secondary N) is 2. The van der Waals surface area contributed by atoms with E-state index in [0.29, 0.717) is 10.4 Å². The van der Waals surface area contributed by atoms with Gasteiger partial charge in [-0.1, -0.05) is 0 Å². The molecule has 0 aliphatic carbocycles. The summed E-state index contributed by atoms with van der Waals surface area (Å²) < 4.78 is 0.428. The van der Waals surface area contributed by atoms with Crippen LogP contribution in [-0.4, -0.2) is 24.9 Å². The summed E-state index contributed by atoms with van der Waals surface area (Å²) in [5.74, 6) is 0.752. The average molecular weight is 229 g/mol. The second-order valence-corrected chi connectivity index (χ2v) is 3.66. The number of imidazole rings is 1. The van der Waals surface area contributed by atoms with E-state index in [1.165, 1.54) is 0 Å². The molecule has 3 aromatic rings.